The number of nitrogens with zero attached hydrogens (tertiary/aromatic N) is 1. The van der Waals surface area contributed by atoms with Crippen molar-refractivity contribution in [2.45, 2.75) is 25.7 Å². The van der Waals surface area contributed by atoms with Crippen LogP contribution in [0.15, 0.2) is 24.3 Å². The van der Waals surface area contributed by atoms with Crippen LogP contribution in [0.3, 0.4) is 0 Å². The largest absolute Gasteiger partial charge is 0.380 e. The average molecular weight is 235 g/mol. The first kappa shape index (κ1) is 11.8. The summed E-state index contributed by atoms with van der Waals surface area (Å²) < 4.78 is 0. The summed E-state index contributed by atoms with van der Waals surface area (Å²) in [6, 6.07) is 7.35. The number of hydrogen-bond acceptors (Lipinski definition) is 4. The summed E-state index contributed by atoms with van der Waals surface area (Å²) in [5.74, 6) is -1.49. The summed E-state index contributed by atoms with van der Waals surface area (Å²) in [6.07, 6.45) is -3.26. The maximum absolute atomic E-state index is 11.5. The number of aliphatic hydroxyl groups excluding tert-OH is 2. The number of likely N-dealkylation sites (tertiary alicyclic amines) is 1. The van der Waals surface area contributed by atoms with Gasteiger partial charge in [-0.1, -0.05) is 29.8 Å². The predicted molar refractivity (Wildman–Crippen MR) is 58.7 cm³/mol. The van der Waals surface area contributed by atoms with E-state index in [4.69, 9.17) is 0 Å². The molecule has 1 aromatic carbocycles. The van der Waals surface area contributed by atoms with Gasteiger partial charge in [-0.25, -0.2) is 0 Å². The van der Waals surface area contributed by atoms with Crippen LogP contribution in [0.5, 0.6) is 0 Å². The lowest BCUT2D eigenvalue weighted by Gasteiger charge is -2.13. The third kappa shape index (κ3) is 2.07. The first-order chi connectivity index (χ1) is 8.00. The van der Waals surface area contributed by atoms with Crippen molar-refractivity contribution >= 4 is 11.8 Å². The van der Waals surface area contributed by atoms with E-state index < -0.39 is 24.0 Å². The van der Waals surface area contributed by atoms with E-state index in [0.29, 0.717) is 0 Å². The molecular formula is C12H13NO4. The van der Waals surface area contributed by atoms with Crippen LogP contribution >= 0.6 is 0 Å². The molecule has 1 heterocycles. The molecule has 0 aliphatic carbocycles. The van der Waals surface area contributed by atoms with Crippen molar-refractivity contribution in [2.24, 2.45) is 0 Å². The second kappa shape index (κ2) is 4.27. The van der Waals surface area contributed by atoms with Crippen LogP contribution in [0, 0.1) is 6.92 Å². The first-order valence-electron chi connectivity index (χ1n) is 5.27. The van der Waals surface area contributed by atoms with Gasteiger partial charge in [0, 0.05) is 0 Å². The molecule has 1 saturated heterocycles. The lowest BCUT2D eigenvalue weighted by molar-refractivity contribution is -0.142. The van der Waals surface area contributed by atoms with Crippen LogP contribution in [0.1, 0.15) is 11.1 Å². The fourth-order valence-electron chi connectivity index (χ4n) is 1.85. The zero-order chi connectivity index (χ0) is 12.6. The number of amides is 2. The molecule has 0 spiro atoms. The van der Waals surface area contributed by atoms with E-state index in [1.165, 1.54) is 0 Å². The van der Waals surface area contributed by atoms with Gasteiger partial charge in [-0.3, -0.25) is 14.5 Å². The molecule has 0 unspecified atom stereocenters. The molecule has 0 bridgehead atoms. The summed E-state index contributed by atoms with van der Waals surface area (Å²) in [6.45, 7) is 1.98. The summed E-state index contributed by atoms with van der Waals surface area (Å²) >= 11 is 0. The Labute approximate surface area is 98.3 Å². The van der Waals surface area contributed by atoms with Crippen LogP contribution in [-0.2, 0) is 16.1 Å². The molecule has 2 atom stereocenters. The van der Waals surface area contributed by atoms with E-state index in [1.807, 2.05) is 25.1 Å². The Balaban J connectivity index is 2.20. The second-order valence-corrected chi connectivity index (χ2v) is 4.14. The number of imide groups is 1. The smallest absolute Gasteiger partial charge is 0.261 e. The van der Waals surface area contributed by atoms with Crippen molar-refractivity contribution in [2.75, 3.05) is 0 Å². The van der Waals surface area contributed by atoms with Crippen LogP contribution in [0.25, 0.3) is 0 Å². The normalized spacial score (nSPS) is 24.5. The number of aliphatic hydroxyl groups is 2. The fourth-order valence-corrected chi connectivity index (χ4v) is 1.85. The molecule has 0 saturated carbocycles. The minimum Gasteiger partial charge on any atom is -0.380 e. The molecule has 0 aromatic heterocycles. The second-order valence-electron chi connectivity index (χ2n) is 4.14. The molecule has 0 radical (unpaired) electrons. The molecule has 1 fully saturated rings. The van der Waals surface area contributed by atoms with E-state index in [2.05, 4.69) is 0 Å². The Bertz CT molecular complexity index is 451. The van der Waals surface area contributed by atoms with Gasteiger partial charge >= 0.3 is 0 Å². The predicted octanol–water partition coefficient (Wildman–Crippen LogP) is -0.414. The Hall–Kier alpha value is -1.72. The highest BCUT2D eigenvalue weighted by atomic mass is 16.4. The minimum atomic E-state index is -1.63. The van der Waals surface area contributed by atoms with Gasteiger partial charge in [0.2, 0.25) is 0 Å². The fraction of sp³-hybridized carbons (Fsp3) is 0.333. The lowest BCUT2D eigenvalue weighted by atomic mass is 10.1. The molecule has 1 aliphatic rings. The SMILES string of the molecule is Cc1cccc(CN2C(=O)[C@H](O)[C@@H](O)C2=O)c1. The number of aryl methyl sites for hydroxylation is 1. The number of carbonyl (C=O) groups excluding carboxylic acids is 2. The lowest BCUT2D eigenvalue weighted by Crippen LogP contribution is -2.31. The number of benzene rings is 1. The Morgan fingerprint density at radius 3 is 2.29 bits per heavy atom. The maximum Gasteiger partial charge on any atom is 0.261 e. The number of hydrogen-bond donors (Lipinski definition) is 2. The topological polar surface area (TPSA) is 77.8 Å². The molecule has 2 N–H and O–H groups in total. The van der Waals surface area contributed by atoms with Crippen molar-refractivity contribution in [3.05, 3.63) is 35.4 Å². The van der Waals surface area contributed by atoms with Crippen LogP contribution < -0.4 is 0 Å². The van der Waals surface area contributed by atoms with Gasteiger partial charge in [-0.15, -0.1) is 0 Å². The summed E-state index contributed by atoms with van der Waals surface area (Å²) in [4.78, 5) is 23.9. The highest BCUT2D eigenvalue weighted by Gasteiger charge is 2.45. The van der Waals surface area contributed by atoms with Gasteiger partial charge in [-0.2, -0.15) is 0 Å². The summed E-state index contributed by atoms with van der Waals surface area (Å²) in [5, 5.41) is 18.6. The molecule has 1 aliphatic heterocycles. The first-order valence-corrected chi connectivity index (χ1v) is 5.27. The monoisotopic (exact) mass is 235 g/mol. The number of carbonyl (C=O) groups is 2. The van der Waals surface area contributed by atoms with Crippen LogP contribution in [0.2, 0.25) is 0 Å². The van der Waals surface area contributed by atoms with Gasteiger partial charge in [0.15, 0.2) is 12.2 Å². The van der Waals surface area contributed by atoms with E-state index in [9.17, 15) is 19.8 Å². The molecule has 5 heteroatoms. The van der Waals surface area contributed by atoms with Crippen molar-refractivity contribution < 1.29 is 19.8 Å². The number of rotatable bonds is 2. The highest BCUT2D eigenvalue weighted by molar-refractivity contribution is 6.07. The highest BCUT2D eigenvalue weighted by Crippen LogP contribution is 2.17. The van der Waals surface area contributed by atoms with E-state index in [-0.39, 0.29) is 6.54 Å². The van der Waals surface area contributed by atoms with Crippen LogP contribution in [-0.4, -0.2) is 39.1 Å². The maximum atomic E-state index is 11.5. The molecule has 5 nitrogen and oxygen atoms in total. The molecule has 90 valence electrons. The molecule has 17 heavy (non-hydrogen) atoms. The zero-order valence-corrected chi connectivity index (χ0v) is 9.33. The summed E-state index contributed by atoms with van der Waals surface area (Å²) in [7, 11) is 0. The van der Waals surface area contributed by atoms with Crippen molar-refractivity contribution in [3.8, 4) is 0 Å². The van der Waals surface area contributed by atoms with Gasteiger partial charge in [0.25, 0.3) is 11.8 Å². The molecular weight excluding hydrogens is 222 g/mol. The Morgan fingerprint density at radius 1 is 1.18 bits per heavy atom. The third-order valence-electron chi connectivity index (χ3n) is 2.76. The van der Waals surface area contributed by atoms with Crippen LogP contribution in [0.4, 0.5) is 0 Å². The van der Waals surface area contributed by atoms with E-state index in [0.717, 1.165) is 16.0 Å². The standard InChI is InChI=1S/C12H13NO4/c1-7-3-2-4-8(5-7)6-13-11(16)9(14)10(15)12(13)17/h2-5,9-10,14-15H,6H2,1H3/t9-,10-/m1/s1. The zero-order valence-electron chi connectivity index (χ0n) is 9.33. The van der Waals surface area contributed by atoms with Gasteiger partial charge < -0.3 is 10.2 Å². The van der Waals surface area contributed by atoms with Crippen molar-refractivity contribution in [1.29, 1.82) is 0 Å². The van der Waals surface area contributed by atoms with Gasteiger partial charge in [0.05, 0.1) is 6.54 Å². The van der Waals surface area contributed by atoms with Crippen molar-refractivity contribution in [3.63, 3.8) is 0 Å². The third-order valence-corrected chi connectivity index (χ3v) is 2.76. The quantitative estimate of drug-likeness (QED) is 0.683. The Morgan fingerprint density at radius 2 is 1.76 bits per heavy atom. The molecule has 1 aromatic rings. The molecule has 2 rings (SSSR count). The van der Waals surface area contributed by atoms with E-state index in [1.54, 1.807) is 6.07 Å². The summed E-state index contributed by atoms with van der Waals surface area (Å²) in [5.41, 5.74) is 1.80. The molecule has 2 amide bonds. The van der Waals surface area contributed by atoms with Crippen molar-refractivity contribution in [1.82, 2.24) is 4.90 Å². The van der Waals surface area contributed by atoms with E-state index >= 15 is 0 Å². The van der Waals surface area contributed by atoms with Gasteiger partial charge in [-0.05, 0) is 12.5 Å². The average Bonchev–Trinajstić information content (AvgIpc) is 2.47. The van der Waals surface area contributed by atoms with Gasteiger partial charge in [0.1, 0.15) is 0 Å². The Kier molecular flexibility index (Phi) is 2.95. The minimum absolute atomic E-state index is 0.0769.